The molecule has 0 aliphatic carbocycles. The first-order valence-electron chi connectivity index (χ1n) is 7.88. The number of hydrogen-bond donors (Lipinski definition) is 1. The Hall–Kier alpha value is -3.19. The quantitative estimate of drug-likeness (QED) is 0.689. The molecule has 27 heavy (non-hydrogen) atoms. The highest BCUT2D eigenvalue weighted by Gasteiger charge is 2.16. The summed E-state index contributed by atoms with van der Waals surface area (Å²) in [5.74, 6) is -1.41. The summed E-state index contributed by atoms with van der Waals surface area (Å²) < 4.78 is 19.3. The first kappa shape index (κ1) is 18.6. The van der Waals surface area contributed by atoms with E-state index >= 15 is 0 Å². The van der Waals surface area contributed by atoms with E-state index in [0.717, 1.165) is 5.56 Å². The van der Waals surface area contributed by atoms with E-state index in [1.54, 1.807) is 31.3 Å². The predicted molar refractivity (Wildman–Crippen MR) is 99.3 cm³/mol. The van der Waals surface area contributed by atoms with E-state index in [9.17, 15) is 14.0 Å². The summed E-state index contributed by atoms with van der Waals surface area (Å²) in [6.45, 7) is 0. The number of nitrogens with one attached hydrogen (secondary N) is 1. The number of methoxy groups -OCH3 is 1. The normalized spacial score (nSPS) is 10.5. The van der Waals surface area contributed by atoms with Crippen LogP contribution in [0.4, 0.5) is 10.1 Å². The Labute approximate surface area is 159 Å². The van der Waals surface area contributed by atoms with Gasteiger partial charge in [-0.3, -0.25) is 9.48 Å². The third-order valence-corrected chi connectivity index (χ3v) is 4.21. The van der Waals surface area contributed by atoms with Gasteiger partial charge in [0.05, 0.1) is 23.4 Å². The second-order valence-electron chi connectivity index (χ2n) is 5.69. The van der Waals surface area contributed by atoms with E-state index in [0.29, 0.717) is 11.4 Å². The van der Waals surface area contributed by atoms with E-state index in [-0.39, 0.29) is 22.1 Å². The summed E-state index contributed by atoms with van der Waals surface area (Å²) >= 11 is 5.97. The SMILES string of the molecule is COC(=O)c1cc(NC(=O)c2cc(-c3ccc(F)cc3)n(C)n2)ccc1Cl. The Bertz CT molecular complexity index is 1020. The Morgan fingerprint density at radius 3 is 2.52 bits per heavy atom. The number of carbonyl (C=O) groups excluding carboxylic acids is 2. The molecular weight excluding hydrogens is 373 g/mol. The summed E-state index contributed by atoms with van der Waals surface area (Å²) in [5.41, 5.74) is 2.08. The molecule has 0 fully saturated rings. The number of halogens is 2. The molecule has 0 spiro atoms. The lowest BCUT2D eigenvalue weighted by atomic mass is 10.1. The van der Waals surface area contributed by atoms with Gasteiger partial charge < -0.3 is 10.1 Å². The molecule has 2 aromatic carbocycles. The molecule has 1 amide bonds. The van der Waals surface area contributed by atoms with Crippen molar-refractivity contribution >= 4 is 29.2 Å². The number of hydrogen-bond acceptors (Lipinski definition) is 4. The number of esters is 1. The summed E-state index contributed by atoms with van der Waals surface area (Å²) in [7, 11) is 2.93. The second kappa shape index (κ2) is 7.59. The Kier molecular flexibility index (Phi) is 5.23. The first-order chi connectivity index (χ1) is 12.9. The Morgan fingerprint density at radius 1 is 1.15 bits per heavy atom. The smallest absolute Gasteiger partial charge is 0.339 e. The molecule has 6 nitrogen and oxygen atoms in total. The van der Waals surface area contributed by atoms with Crippen LogP contribution < -0.4 is 5.32 Å². The fourth-order valence-corrected chi connectivity index (χ4v) is 2.73. The molecule has 3 rings (SSSR count). The van der Waals surface area contributed by atoms with Crippen molar-refractivity contribution < 1.29 is 18.7 Å². The van der Waals surface area contributed by atoms with Gasteiger partial charge in [-0.2, -0.15) is 5.10 Å². The van der Waals surface area contributed by atoms with Crippen molar-refractivity contribution in [1.29, 1.82) is 0 Å². The topological polar surface area (TPSA) is 73.2 Å². The lowest BCUT2D eigenvalue weighted by molar-refractivity contribution is 0.0600. The number of carbonyl (C=O) groups is 2. The molecule has 1 aromatic heterocycles. The van der Waals surface area contributed by atoms with Crippen LogP contribution in [0.2, 0.25) is 5.02 Å². The Morgan fingerprint density at radius 2 is 1.85 bits per heavy atom. The minimum absolute atomic E-state index is 0.144. The largest absolute Gasteiger partial charge is 0.465 e. The zero-order chi connectivity index (χ0) is 19.6. The highest BCUT2D eigenvalue weighted by Crippen LogP contribution is 2.23. The van der Waals surface area contributed by atoms with Crippen LogP contribution in [-0.2, 0) is 11.8 Å². The van der Waals surface area contributed by atoms with Crippen LogP contribution in [0.3, 0.4) is 0 Å². The molecule has 0 radical (unpaired) electrons. The van der Waals surface area contributed by atoms with Crippen molar-refractivity contribution in [2.45, 2.75) is 0 Å². The number of anilines is 1. The van der Waals surface area contributed by atoms with Gasteiger partial charge in [-0.05, 0) is 54.1 Å². The monoisotopic (exact) mass is 387 g/mol. The Balaban J connectivity index is 1.84. The predicted octanol–water partition coefficient (Wildman–Crippen LogP) is 3.92. The zero-order valence-corrected chi connectivity index (χ0v) is 15.2. The highest BCUT2D eigenvalue weighted by atomic mass is 35.5. The van der Waals surface area contributed by atoms with Crippen molar-refractivity contribution in [3.63, 3.8) is 0 Å². The van der Waals surface area contributed by atoms with Crippen molar-refractivity contribution in [3.05, 3.63) is 70.6 Å². The number of aryl methyl sites for hydroxylation is 1. The van der Waals surface area contributed by atoms with Gasteiger partial charge in [0.2, 0.25) is 0 Å². The fraction of sp³-hybridized carbons (Fsp3) is 0.105. The number of ether oxygens (including phenoxy) is 1. The maximum absolute atomic E-state index is 13.1. The minimum atomic E-state index is -0.604. The van der Waals surface area contributed by atoms with Crippen LogP contribution in [-0.4, -0.2) is 28.8 Å². The second-order valence-corrected chi connectivity index (χ2v) is 6.09. The molecule has 0 saturated carbocycles. The summed E-state index contributed by atoms with van der Waals surface area (Å²) in [6.07, 6.45) is 0. The summed E-state index contributed by atoms with van der Waals surface area (Å²) in [6, 6.07) is 12.0. The number of nitrogens with zero attached hydrogens (tertiary/aromatic N) is 2. The van der Waals surface area contributed by atoms with Gasteiger partial charge in [0.1, 0.15) is 5.82 Å². The van der Waals surface area contributed by atoms with Crippen LogP contribution in [0.1, 0.15) is 20.8 Å². The van der Waals surface area contributed by atoms with Gasteiger partial charge in [0, 0.05) is 12.7 Å². The van der Waals surface area contributed by atoms with Gasteiger partial charge in [0.15, 0.2) is 5.69 Å². The first-order valence-corrected chi connectivity index (χ1v) is 8.26. The third-order valence-electron chi connectivity index (χ3n) is 3.88. The van der Waals surface area contributed by atoms with Crippen LogP contribution in [0.5, 0.6) is 0 Å². The summed E-state index contributed by atoms with van der Waals surface area (Å²) in [4.78, 5) is 24.2. The molecule has 1 heterocycles. The number of amides is 1. The van der Waals surface area contributed by atoms with Gasteiger partial charge in [-0.1, -0.05) is 11.6 Å². The molecule has 3 aromatic rings. The average molecular weight is 388 g/mol. The average Bonchev–Trinajstić information content (AvgIpc) is 3.05. The van der Waals surface area contributed by atoms with Crippen molar-refractivity contribution in [2.75, 3.05) is 12.4 Å². The lowest BCUT2D eigenvalue weighted by Crippen LogP contribution is -2.13. The van der Waals surface area contributed by atoms with Crippen LogP contribution in [0.15, 0.2) is 48.5 Å². The molecule has 1 N–H and O–H groups in total. The van der Waals surface area contributed by atoms with Gasteiger partial charge in [-0.25, -0.2) is 9.18 Å². The number of aromatic nitrogens is 2. The van der Waals surface area contributed by atoms with Gasteiger partial charge in [0.25, 0.3) is 5.91 Å². The van der Waals surface area contributed by atoms with Crippen molar-refractivity contribution in [2.24, 2.45) is 7.05 Å². The third kappa shape index (κ3) is 3.98. The molecule has 0 atom stereocenters. The molecule has 0 saturated heterocycles. The highest BCUT2D eigenvalue weighted by molar-refractivity contribution is 6.33. The molecule has 8 heteroatoms. The van der Waals surface area contributed by atoms with E-state index in [1.165, 1.54) is 36.1 Å². The molecule has 0 aliphatic rings. The van der Waals surface area contributed by atoms with Crippen molar-refractivity contribution in [3.8, 4) is 11.3 Å². The molecule has 0 aliphatic heterocycles. The number of rotatable bonds is 4. The standard InChI is InChI=1S/C19H15ClFN3O3/c1-24-17(11-3-5-12(21)6-4-11)10-16(23-24)18(25)22-13-7-8-15(20)14(9-13)19(26)27-2/h3-10H,1-2H3,(H,22,25). The maximum atomic E-state index is 13.1. The lowest BCUT2D eigenvalue weighted by Gasteiger charge is -2.07. The van der Waals surface area contributed by atoms with E-state index in [2.05, 4.69) is 15.2 Å². The van der Waals surface area contributed by atoms with Crippen molar-refractivity contribution in [1.82, 2.24) is 9.78 Å². The van der Waals surface area contributed by atoms with Gasteiger partial charge in [-0.15, -0.1) is 0 Å². The van der Waals surface area contributed by atoms with E-state index in [4.69, 9.17) is 11.6 Å². The van der Waals surface area contributed by atoms with E-state index < -0.39 is 11.9 Å². The molecule has 138 valence electrons. The zero-order valence-electron chi connectivity index (χ0n) is 14.5. The molecule has 0 unspecified atom stereocenters. The minimum Gasteiger partial charge on any atom is -0.465 e. The fourth-order valence-electron chi connectivity index (χ4n) is 2.53. The van der Waals surface area contributed by atoms with Gasteiger partial charge >= 0.3 is 5.97 Å². The molecule has 0 bridgehead atoms. The van der Waals surface area contributed by atoms with Crippen LogP contribution >= 0.6 is 11.6 Å². The maximum Gasteiger partial charge on any atom is 0.339 e. The van der Waals surface area contributed by atoms with E-state index in [1.807, 2.05) is 0 Å². The summed E-state index contributed by atoms with van der Waals surface area (Å²) in [5, 5.41) is 7.07. The van der Waals surface area contributed by atoms with Crippen LogP contribution in [0.25, 0.3) is 11.3 Å². The molecular formula is C19H15ClFN3O3. The van der Waals surface area contributed by atoms with Crippen LogP contribution in [0, 0.1) is 5.82 Å². The number of benzene rings is 2.